The Morgan fingerprint density at radius 1 is 1.44 bits per heavy atom. The molecule has 1 aromatic carbocycles. The second-order valence-electron chi connectivity index (χ2n) is 6.32. The van der Waals surface area contributed by atoms with E-state index in [9.17, 15) is 5.11 Å². The van der Waals surface area contributed by atoms with Crippen molar-refractivity contribution in [3.05, 3.63) is 58.0 Å². The van der Waals surface area contributed by atoms with E-state index in [0.717, 1.165) is 35.1 Å². The van der Waals surface area contributed by atoms with E-state index in [1.807, 2.05) is 31.3 Å². The van der Waals surface area contributed by atoms with Crippen LogP contribution in [0.4, 0.5) is 5.69 Å². The molecule has 25 heavy (non-hydrogen) atoms. The first-order chi connectivity index (χ1) is 12.2. The lowest BCUT2D eigenvalue weighted by Crippen LogP contribution is -2.47. The average Bonchev–Trinajstić information content (AvgIpc) is 3.08. The molecule has 2 aromatic heterocycles. The van der Waals surface area contributed by atoms with Crippen LogP contribution in [0.2, 0.25) is 0 Å². The molecule has 0 saturated carbocycles. The first kappa shape index (κ1) is 16.4. The molecule has 0 fully saturated rings. The van der Waals surface area contributed by atoms with Gasteiger partial charge < -0.3 is 15.3 Å². The third-order valence-electron chi connectivity index (χ3n) is 4.65. The van der Waals surface area contributed by atoms with Gasteiger partial charge in [0.1, 0.15) is 0 Å². The van der Waals surface area contributed by atoms with E-state index in [4.69, 9.17) is 12.2 Å². The quantitative estimate of drug-likeness (QED) is 0.674. The highest BCUT2D eigenvalue weighted by Gasteiger charge is 2.28. The van der Waals surface area contributed by atoms with E-state index in [1.54, 1.807) is 11.3 Å². The molecule has 0 aliphatic carbocycles. The SMILES string of the molecule is Cc1cc2c(NC(=S)N3Cc4ccsc4CC3CO)cccc2cn1. The maximum atomic E-state index is 9.81. The number of benzene rings is 1. The normalized spacial score (nSPS) is 16.7. The van der Waals surface area contributed by atoms with Gasteiger partial charge in [0.05, 0.1) is 12.6 Å². The van der Waals surface area contributed by atoms with Gasteiger partial charge in [0.2, 0.25) is 0 Å². The standard InChI is InChI=1S/C19H19N3OS2/c1-12-7-16-13(9-20-12)3-2-4-17(16)21-19(24)22-10-14-5-6-25-18(14)8-15(22)11-23/h2-7,9,15,23H,8,10-11H2,1H3,(H,21,24). The van der Waals surface area contributed by atoms with Gasteiger partial charge in [-0.2, -0.15) is 0 Å². The van der Waals surface area contributed by atoms with Gasteiger partial charge in [0, 0.05) is 46.2 Å². The summed E-state index contributed by atoms with van der Waals surface area (Å²) in [6.07, 6.45) is 2.72. The highest BCUT2D eigenvalue weighted by Crippen LogP contribution is 2.29. The number of aromatic nitrogens is 1. The van der Waals surface area contributed by atoms with Crippen molar-refractivity contribution in [3.63, 3.8) is 0 Å². The second kappa shape index (κ2) is 6.71. The fourth-order valence-electron chi connectivity index (χ4n) is 3.29. The number of thiophene rings is 1. The summed E-state index contributed by atoms with van der Waals surface area (Å²) in [5.74, 6) is 0. The Balaban J connectivity index is 1.63. The molecule has 3 heterocycles. The Morgan fingerprint density at radius 2 is 2.32 bits per heavy atom. The van der Waals surface area contributed by atoms with Gasteiger partial charge in [-0.15, -0.1) is 11.3 Å². The summed E-state index contributed by atoms with van der Waals surface area (Å²) in [5.41, 5.74) is 3.25. The fraction of sp³-hybridized carbons (Fsp3) is 0.263. The van der Waals surface area contributed by atoms with Crippen LogP contribution in [0.25, 0.3) is 10.8 Å². The molecule has 3 aromatic rings. The zero-order chi connectivity index (χ0) is 17.4. The maximum absolute atomic E-state index is 9.81. The summed E-state index contributed by atoms with van der Waals surface area (Å²) in [6.45, 7) is 2.82. The Hall–Kier alpha value is -2.02. The van der Waals surface area contributed by atoms with Crippen LogP contribution in [-0.2, 0) is 13.0 Å². The smallest absolute Gasteiger partial charge is 0.174 e. The van der Waals surface area contributed by atoms with E-state index in [2.05, 4.69) is 32.7 Å². The monoisotopic (exact) mass is 369 g/mol. The van der Waals surface area contributed by atoms with Gasteiger partial charge >= 0.3 is 0 Å². The van der Waals surface area contributed by atoms with Gasteiger partial charge in [0.25, 0.3) is 0 Å². The van der Waals surface area contributed by atoms with E-state index in [1.165, 1.54) is 10.4 Å². The molecule has 0 radical (unpaired) electrons. The van der Waals surface area contributed by atoms with Crippen LogP contribution in [0.3, 0.4) is 0 Å². The second-order valence-corrected chi connectivity index (χ2v) is 7.71. The predicted molar refractivity (Wildman–Crippen MR) is 107 cm³/mol. The molecule has 0 spiro atoms. The number of fused-ring (bicyclic) bond motifs is 2. The Bertz CT molecular complexity index is 937. The summed E-state index contributed by atoms with van der Waals surface area (Å²) in [7, 11) is 0. The van der Waals surface area contributed by atoms with Crippen molar-refractivity contribution in [2.45, 2.75) is 25.9 Å². The largest absolute Gasteiger partial charge is 0.394 e. The van der Waals surface area contributed by atoms with E-state index < -0.39 is 0 Å². The number of aryl methyl sites for hydroxylation is 1. The molecular weight excluding hydrogens is 350 g/mol. The predicted octanol–water partition coefficient (Wildman–Crippen LogP) is 3.72. The highest BCUT2D eigenvalue weighted by molar-refractivity contribution is 7.80. The molecule has 0 saturated heterocycles. The van der Waals surface area contributed by atoms with E-state index >= 15 is 0 Å². The number of thiocarbonyl (C=S) groups is 1. The van der Waals surface area contributed by atoms with Crippen LogP contribution in [-0.4, -0.2) is 32.8 Å². The van der Waals surface area contributed by atoms with Crippen molar-refractivity contribution >= 4 is 45.1 Å². The lowest BCUT2D eigenvalue weighted by molar-refractivity contribution is 0.169. The van der Waals surface area contributed by atoms with Crippen LogP contribution < -0.4 is 5.32 Å². The Kier molecular flexibility index (Phi) is 4.41. The van der Waals surface area contributed by atoms with Crippen molar-refractivity contribution in [1.29, 1.82) is 0 Å². The number of aliphatic hydroxyl groups excluding tert-OH is 1. The molecule has 1 unspecified atom stereocenters. The van der Waals surface area contributed by atoms with Crippen LogP contribution in [0.5, 0.6) is 0 Å². The first-order valence-electron chi connectivity index (χ1n) is 8.25. The summed E-state index contributed by atoms with van der Waals surface area (Å²) in [4.78, 5) is 7.81. The number of anilines is 1. The van der Waals surface area contributed by atoms with Crippen LogP contribution >= 0.6 is 23.6 Å². The number of aliphatic hydroxyl groups is 1. The Labute approximate surface area is 156 Å². The fourth-order valence-corrected chi connectivity index (χ4v) is 4.59. The Morgan fingerprint density at radius 3 is 3.16 bits per heavy atom. The minimum atomic E-state index is 0.0181. The van der Waals surface area contributed by atoms with Crippen molar-refractivity contribution < 1.29 is 5.11 Å². The third kappa shape index (κ3) is 3.13. The van der Waals surface area contributed by atoms with Crippen molar-refractivity contribution in [1.82, 2.24) is 9.88 Å². The van der Waals surface area contributed by atoms with Gasteiger partial charge in [-0.25, -0.2) is 0 Å². The summed E-state index contributed by atoms with van der Waals surface area (Å²) in [5, 5.41) is 18.1. The first-order valence-corrected chi connectivity index (χ1v) is 9.53. The van der Waals surface area contributed by atoms with Crippen molar-refractivity contribution in [2.75, 3.05) is 11.9 Å². The molecule has 1 atom stereocenters. The van der Waals surface area contributed by atoms with Gasteiger partial charge in [0.15, 0.2) is 5.11 Å². The molecule has 128 valence electrons. The van der Waals surface area contributed by atoms with Gasteiger partial charge in [-0.1, -0.05) is 12.1 Å². The minimum Gasteiger partial charge on any atom is -0.394 e. The molecule has 4 nitrogen and oxygen atoms in total. The molecular formula is C19H19N3OS2. The molecule has 1 aliphatic heterocycles. The topological polar surface area (TPSA) is 48.4 Å². The van der Waals surface area contributed by atoms with E-state index in [-0.39, 0.29) is 12.6 Å². The van der Waals surface area contributed by atoms with E-state index in [0.29, 0.717) is 5.11 Å². The highest BCUT2D eigenvalue weighted by atomic mass is 32.1. The van der Waals surface area contributed by atoms with Crippen molar-refractivity contribution in [2.24, 2.45) is 0 Å². The van der Waals surface area contributed by atoms with Crippen molar-refractivity contribution in [3.8, 4) is 0 Å². The zero-order valence-electron chi connectivity index (χ0n) is 13.9. The minimum absolute atomic E-state index is 0.0181. The maximum Gasteiger partial charge on any atom is 0.174 e. The number of hydrogen-bond acceptors (Lipinski definition) is 4. The number of nitrogens with zero attached hydrogens (tertiary/aromatic N) is 2. The number of rotatable bonds is 2. The summed E-state index contributed by atoms with van der Waals surface area (Å²) in [6, 6.07) is 10.3. The summed E-state index contributed by atoms with van der Waals surface area (Å²) >= 11 is 7.45. The molecule has 2 N–H and O–H groups in total. The van der Waals surface area contributed by atoms with Crippen LogP contribution in [0.15, 0.2) is 41.9 Å². The van der Waals surface area contributed by atoms with Gasteiger partial charge in [-0.05, 0) is 48.3 Å². The zero-order valence-corrected chi connectivity index (χ0v) is 15.5. The van der Waals surface area contributed by atoms with Crippen LogP contribution in [0, 0.1) is 6.92 Å². The lowest BCUT2D eigenvalue weighted by atomic mass is 10.0. The van der Waals surface area contributed by atoms with Gasteiger partial charge in [-0.3, -0.25) is 4.98 Å². The molecule has 4 rings (SSSR count). The molecule has 0 bridgehead atoms. The molecule has 0 amide bonds. The number of hydrogen-bond donors (Lipinski definition) is 2. The molecule has 1 aliphatic rings. The third-order valence-corrected chi connectivity index (χ3v) is 5.98. The number of nitrogens with one attached hydrogen (secondary N) is 1. The van der Waals surface area contributed by atoms with Crippen LogP contribution in [0.1, 0.15) is 16.1 Å². The molecule has 6 heteroatoms. The number of pyridine rings is 1. The average molecular weight is 370 g/mol. The summed E-state index contributed by atoms with van der Waals surface area (Å²) < 4.78 is 0. The lowest BCUT2D eigenvalue weighted by Gasteiger charge is -2.36.